The Morgan fingerprint density at radius 1 is 1.00 bits per heavy atom. The van der Waals surface area contributed by atoms with Crippen molar-refractivity contribution in [1.29, 1.82) is 0 Å². The maximum atomic E-state index is 12.8. The third-order valence-electron chi connectivity index (χ3n) is 4.11. The molecule has 0 aliphatic carbocycles. The van der Waals surface area contributed by atoms with Crippen LogP contribution in [0.1, 0.15) is 18.1 Å². The Morgan fingerprint density at radius 2 is 1.61 bits per heavy atom. The summed E-state index contributed by atoms with van der Waals surface area (Å²) in [6.45, 7) is 1.54. The van der Waals surface area contributed by atoms with Gasteiger partial charge in [0.05, 0.1) is 20.8 Å². The van der Waals surface area contributed by atoms with Crippen LogP contribution in [0, 0.1) is 0 Å². The first-order valence-corrected chi connectivity index (χ1v) is 8.81. The van der Waals surface area contributed by atoms with Gasteiger partial charge in [-0.25, -0.2) is 0 Å². The smallest absolute Gasteiger partial charge is 0.323 e. The molecule has 1 amide bonds. The predicted molar refractivity (Wildman–Crippen MR) is 103 cm³/mol. The van der Waals surface area contributed by atoms with Crippen molar-refractivity contribution in [3.8, 4) is 11.5 Å². The number of aliphatic carboxylic acids is 1. The van der Waals surface area contributed by atoms with E-state index < -0.39 is 24.5 Å². The Balaban J connectivity index is 2.11. The van der Waals surface area contributed by atoms with E-state index in [-0.39, 0.29) is 13.2 Å². The molecule has 0 radical (unpaired) electrons. The molecule has 1 atom stereocenters. The average molecular weight is 387 g/mol. The summed E-state index contributed by atoms with van der Waals surface area (Å²) < 4.78 is 16.1. The number of benzene rings is 2. The number of methoxy groups -OCH3 is 2. The highest BCUT2D eigenvalue weighted by atomic mass is 16.5. The largest absolute Gasteiger partial charge is 0.497 e. The zero-order chi connectivity index (χ0) is 20.5. The molecule has 7 nitrogen and oxygen atoms in total. The fraction of sp³-hybridized carbons (Fsp3) is 0.333. The summed E-state index contributed by atoms with van der Waals surface area (Å²) in [6, 6.07) is 14.6. The Hall–Kier alpha value is -3.06. The molecule has 0 fully saturated rings. The summed E-state index contributed by atoms with van der Waals surface area (Å²) in [5.41, 5.74) is 1.63. The number of carbonyl (C=O) groups is 2. The van der Waals surface area contributed by atoms with Crippen LogP contribution in [0.4, 0.5) is 0 Å². The molecule has 1 N–H and O–H groups in total. The fourth-order valence-electron chi connectivity index (χ4n) is 2.68. The molecule has 0 spiro atoms. The van der Waals surface area contributed by atoms with E-state index in [2.05, 4.69) is 0 Å². The average Bonchev–Trinajstić information content (AvgIpc) is 2.71. The molecule has 0 aliphatic heterocycles. The van der Waals surface area contributed by atoms with Crippen LogP contribution in [0.3, 0.4) is 0 Å². The van der Waals surface area contributed by atoms with Gasteiger partial charge in [0.2, 0.25) is 0 Å². The number of carboxylic acid groups (broad SMARTS) is 1. The lowest BCUT2D eigenvalue weighted by Gasteiger charge is -2.25. The summed E-state index contributed by atoms with van der Waals surface area (Å²) in [6.07, 6.45) is -0.785. The summed E-state index contributed by atoms with van der Waals surface area (Å²) in [7, 11) is 3.05. The summed E-state index contributed by atoms with van der Waals surface area (Å²) in [5, 5.41) is 9.22. The van der Waals surface area contributed by atoms with Crippen molar-refractivity contribution in [3.63, 3.8) is 0 Å². The number of amides is 1. The Kier molecular flexibility index (Phi) is 7.83. The van der Waals surface area contributed by atoms with Crippen LogP contribution in [0.5, 0.6) is 11.5 Å². The van der Waals surface area contributed by atoms with E-state index in [1.165, 1.54) is 19.1 Å². The van der Waals surface area contributed by atoms with Gasteiger partial charge in [0.25, 0.3) is 5.91 Å². The van der Waals surface area contributed by atoms with Crippen LogP contribution >= 0.6 is 0 Å². The Labute approximate surface area is 164 Å². The van der Waals surface area contributed by atoms with Crippen LogP contribution in [0.15, 0.2) is 48.5 Å². The molecule has 0 saturated heterocycles. The molecule has 0 saturated carbocycles. The molecule has 28 heavy (non-hydrogen) atoms. The molecular weight excluding hydrogens is 362 g/mol. The van der Waals surface area contributed by atoms with E-state index in [0.29, 0.717) is 17.1 Å². The Morgan fingerprint density at radius 3 is 2.14 bits per heavy atom. The highest BCUT2D eigenvalue weighted by Gasteiger charge is 2.24. The number of carbonyl (C=O) groups excluding carboxylic acids is 1. The van der Waals surface area contributed by atoms with Crippen molar-refractivity contribution < 1.29 is 28.9 Å². The van der Waals surface area contributed by atoms with Crippen molar-refractivity contribution in [2.24, 2.45) is 0 Å². The third kappa shape index (κ3) is 6.28. The quantitative estimate of drug-likeness (QED) is 0.675. The standard InChI is InChI=1S/C21H25NO6/c1-15(28-14-16-7-5-4-6-8-16)21(25)22(13-20(23)24)12-17-9-18(26-2)11-19(10-17)27-3/h4-11,15H,12-14H2,1-3H3,(H,23,24). The molecule has 0 aromatic heterocycles. The van der Waals surface area contributed by atoms with Gasteiger partial charge < -0.3 is 24.2 Å². The second-order valence-electron chi connectivity index (χ2n) is 6.25. The zero-order valence-electron chi connectivity index (χ0n) is 16.3. The first-order valence-electron chi connectivity index (χ1n) is 8.81. The fourth-order valence-corrected chi connectivity index (χ4v) is 2.68. The first kappa shape index (κ1) is 21.2. The topological polar surface area (TPSA) is 85.3 Å². The summed E-state index contributed by atoms with van der Waals surface area (Å²) in [4.78, 5) is 25.3. The van der Waals surface area contributed by atoms with E-state index in [1.54, 1.807) is 25.1 Å². The van der Waals surface area contributed by atoms with E-state index in [4.69, 9.17) is 14.2 Å². The third-order valence-corrected chi connectivity index (χ3v) is 4.11. The van der Waals surface area contributed by atoms with Gasteiger partial charge in [-0.2, -0.15) is 0 Å². The van der Waals surface area contributed by atoms with Gasteiger partial charge in [-0.1, -0.05) is 30.3 Å². The van der Waals surface area contributed by atoms with E-state index in [1.807, 2.05) is 30.3 Å². The minimum atomic E-state index is -1.10. The lowest BCUT2D eigenvalue weighted by atomic mass is 10.1. The number of hydrogen-bond acceptors (Lipinski definition) is 5. The summed E-state index contributed by atoms with van der Waals surface area (Å²) >= 11 is 0. The van der Waals surface area contributed by atoms with Crippen molar-refractivity contribution in [1.82, 2.24) is 4.90 Å². The van der Waals surface area contributed by atoms with Crippen LogP contribution in [-0.4, -0.2) is 48.8 Å². The molecule has 150 valence electrons. The van der Waals surface area contributed by atoms with Crippen molar-refractivity contribution in [2.45, 2.75) is 26.2 Å². The lowest BCUT2D eigenvalue weighted by molar-refractivity contribution is -0.151. The molecule has 2 aromatic carbocycles. The normalized spacial score (nSPS) is 11.5. The van der Waals surface area contributed by atoms with Gasteiger partial charge >= 0.3 is 5.97 Å². The SMILES string of the molecule is COc1cc(CN(CC(=O)O)C(=O)C(C)OCc2ccccc2)cc(OC)c1. The molecule has 7 heteroatoms. The van der Waals surface area contributed by atoms with Crippen LogP contribution in [-0.2, 0) is 27.5 Å². The van der Waals surface area contributed by atoms with E-state index in [9.17, 15) is 14.7 Å². The summed E-state index contributed by atoms with van der Waals surface area (Å²) in [5.74, 6) is -0.380. The lowest BCUT2D eigenvalue weighted by Crippen LogP contribution is -2.41. The Bertz CT molecular complexity index is 770. The maximum Gasteiger partial charge on any atom is 0.323 e. The molecule has 0 bridgehead atoms. The van der Waals surface area contributed by atoms with Crippen LogP contribution in [0.2, 0.25) is 0 Å². The van der Waals surface area contributed by atoms with Gasteiger partial charge in [0.1, 0.15) is 24.1 Å². The first-order chi connectivity index (χ1) is 13.4. The van der Waals surface area contributed by atoms with Gasteiger partial charge in [0.15, 0.2) is 0 Å². The minimum Gasteiger partial charge on any atom is -0.497 e. The highest BCUT2D eigenvalue weighted by molar-refractivity contribution is 5.84. The van der Waals surface area contributed by atoms with Crippen LogP contribution in [0.25, 0.3) is 0 Å². The number of nitrogens with zero attached hydrogens (tertiary/aromatic N) is 1. The minimum absolute atomic E-state index is 0.0950. The van der Waals surface area contributed by atoms with Gasteiger partial charge in [-0.3, -0.25) is 9.59 Å². The van der Waals surface area contributed by atoms with Gasteiger partial charge in [-0.15, -0.1) is 0 Å². The second kappa shape index (κ2) is 10.3. The molecule has 2 aromatic rings. The van der Waals surface area contributed by atoms with Gasteiger partial charge in [0, 0.05) is 12.6 Å². The van der Waals surface area contributed by atoms with E-state index >= 15 is 0 Å². The molecular formula is C21H25NO6. The number of rotatable bonds is 10. The number of carboxylic acids is 1. The second-order valence-corrected chi connectivity index (χ2v) is 6.25. The molecule has 1 unspecified atom stereocenters. The van der Waals surface area contributed by atoms with Crippen molar-refractivity contribution in [2.75, 3.05) is 20.8 Å². The predicted octanol–water partition coefficient (Wildman–Crippen LogP) is 2.72. The van der Waals surface area contributed by atoms with E-state index in [0.717, 1.165) is 5.56 Å². The maximum absolute atomic E-state index is 12.8. The number of ether oxygens (including phenoxy) is 3. The zero-order valence-corrected chi connectivity index (χ0v) is 16.3. The van der Waals surface area contributed by atoms with Gasteiger partial charge in [-0.05, 0) is 30.2 Å². The van der Waals surface area contributed by atoms with Crippen molar-refractivity contribution in [3.05, 3.63) is 59.7 Å². The highest BCUT2D eigenvalue weighted by Crippen LogP contribution is 2.23. The van der Waals surface area contributed by atoms with Crippen LogP contribution < -0.4 is 9.47 Å². The monoisotopic (exact) mass is 387 g/mol. The number of hydrogen-bond donors (Lipinski definition) is 1. The van der Waals surface area contributed by atoms with Crippen molar-refractivity contribution >= 4 is 11.9 Å². The molecule has 2 rings (SSSR count). The molecule has 0 heterocycles. The molecule has 0 aliphatic rings.